The predicted octanol–water partition coefficient (Wildman–Crippen LogP) is 6.31. The van der Waals surface area contributed by atoms with Gasteiger partial charge in [-0.3, -0.25) is 0 Å². The average Bonchev–Trinajstić information content (AvgIpc) is 2.60. The van der Waals surface area contributed by atoms with E-state index in [1.54, 1.807) is 0 Å². The molecule has 0 saturated heterocycles. The first-order valence-electron chi connectivity index (χ1n) is 10.1. The van der Waals surface area contributed by atoms with E-state index in [0.717, 1.165) is 44.4 Å². The third kappa shape index (κ3) is 20.5. The molecule has 0 rings (SSSR count). The molecule has 0 unspecified atom stereocenters. The number of carbonyl (C=O) groups is 2. The van der Waals surface area contributed by atoms with Gasteiger partial charge in [-0.05, 0) is 31.6 Å². The Balaban J connectivity index is 0. The molecule has 4 nitrogen and oxygen atoms in total. The predicted molar refractivity (Wildman–Crippen MR) is 109 cm³/mol. The van der Waals surface area contributed by atoms with Crippen molar-refractivity contribution in [1.29, 1.82) is 0 Å². The molecular weight excluding hydrogens is 328 g/mol. The molecule has 4 heteroatoms. The van der Waals surface area contributed by atoms with Crippen molar-refractivity contribution < 1.29 is 19.4 Å². The molecule has 0 saturated carbocycles. The second-order valence-corrected chi connectivity index (χ2v) is 6.87. The van der Waals surface area contributed by atoms with Crippen molar-refractivity contribution in [3.05, 3.63) is 24.3 Å². The Kier molecular flexibility index (Phi) is 20.2. The number of hydrogen-bond donors (Lipinski definition) is 1. The highest BCUT2D eigenvalue weighted by molar-refractivity contribution is 5.86. The highest BCUT2D eigenvalue weighted by Gasteiger charge is 2.04. The Morgan fingerprint density at radius 1 is 1.04 bits per heavy atom. The zero-order valence-corrected chi connectivity index (χ0v) is 17.4. The molecule has 0 aliphatic carbocycles. The fourth-order valence-electron chi connectivity index (χ4n) is 2.35. The van der Waals surface area contributed by atoms with Crippen molar-refractivity contribution in [1.82, 2.24) is 0 Å². The molecular formula is C22H40O4. The van der Waals surface area contributed by atoms with Crippen LogP contribution in [0, 0.1) is 5.92 Å². The number of carbonyl (C=O) groups excluding carboxylic acids is 1. The van der Waals surface area contributed by atoms with Crippen LogP contribution in [0.5, 0.6) is 0 Å². The Morgan fingerprint density at radius 3 is 2.19 bits per heavy atom. The van der Waals surface area contributed by atoms with Gasteiger partial charge in [0.2, 0.25) is 0 Å². The molecule has 0 radical (unpaired) electrons. The van der Waals surface area contributed by atoms with Crippen molar-refractivity contribution in [3.8, 4) is 0 Å². The molecule has 0 bridgehead atoms. The molecule has 26 heavy (non-hydrogen) atoms. The minimum atomic E-state index is -0.752. The molecule has 0 fully saturated rings. The van der Waals surface area contributed by atoms with Gasteiger partial charge in [0.25, 0.3) is 0 Å². The van der Waals surface area contributed by atoms with Gasteiger partial charge in [0.1, 0.15) is 0 Å². The minimum Gasteiger partial charge on any atom is -0.478 e. The summed E-state index contributed by atoms with van der Waals surface area (Å²) in [5.41, 5.74) is 0.582. The van der Waals surface area contributed by atoms with Crippen LogP contribution >= 0.6 is 0 Å². The van der Waals surface area contributed by atoms with Crippen LogP contribution < -0.4 is 0 Å². The molecule has 0 amide bonds. The summed E-state index contributed by atoms with van der Waals surface area (Å²) < 4.78 is 4.84. The van der Waals surface area contributed by atoms with E-state index >= 15 is 0 Å². The van der Waals surface area contributed by atoms with Gasteiger partial charge >= 0.3 is 11.9 Å². The lowest BCUT2D eigenvalue weighted by atomic mass is 10.1. The van der Waals surface area contributed by atoms with Gasteiger partial charge in [-0.15, -0.1) is 0 Å². The summed E-state index contributed by atoms with van der Waals surface area (Å²) in [4.78, 5) is 21.3. The summed E-state index contributed by atoms with van der Waals surface area (Å²) >= 11 is 0. The molecule has 0 aromatic carbocycles. The maximum Gasteiger partial charge on any atom is 0.331 e. The fraction of sp³-hybridized carbons (Fsp3) is 0.727. The Labute approximate surface area is 160 Å². The van der Waals surface area contributed by atoms with Gasteiger partial charge in [-0.25, -0.2) is 9.59 Å². The van der Waals surface area contributed by atoms with Crippen LogP contribution in [0.4, 0.5) is 0 Å². The summed E-state index contributed by atoms with van der Waals surface area (Å²) in [6.45, 7) is 12.4. The summed E-state index contributed by atoms with van der Waals surface area (Å²) in [7, 11) is 0. The van der Waals surface area contributed by atoms with E-state index in [9.17, 15) is 9.59 Å². The van der Waals surface area contributed by atoms with Crippen LogP contribution in [-0.4, -0.2) is 23.7 Å². The van der Waals surface area contributed by atoms with E-state index in [-0.39, 0.29) is 5.97 Å². The van der Waals surface area contributed by atoms with Crippen LogP contribution in [-0.2, 0) is 14.3 Å². The monoisotopic (exact) mass is 368 g/mol. The number of rotatable bonds is 14. The summed E-state index contributed by atoms with van der Waals surface area (Å²) in [6, 6.07) is 0. The van der Waals surface area contributed by atoms with Crippen molar-refractivity contribution in [2.75, 3.05) is 6.61 Å². The molecule has 0 spiro atoms. The Hall–Kier alpha value is -1.58. The highest BCUT2D eigenvalue weighted by atomic mass is 16.5. The molecule has 0 heterocycles. The second kappa shape index (κ2) is 19.7. The quantitative estimate of drug-likeness (QED) is 0.222. The summed E-state index contributed by atoms with van der Waals surface area (Å²) in [5, 5.41) is 8.79. The maximum absolute atomic E-state index is 10.7. The van der Waals surface area contributed by atoms with Crippen molar-refractivity contribution >= 4 is 11.9 Å². The normalized spacial score (nSPS) is 10.9. The van der Waals surface area contributed by atoms with Crippen molar-refractivity contribution in [2.24, 2.45) is 5.92 Å². The van der Waals surface area contributed by atoms with E-state index in [4.69, 9.17) is 9.84 Å². The number of esters is 1. The zero-order valence-electron chi connectivity index (χ0n) is 17.4. The standard InChI is InChI=1S/2C11H20O2/c1-4-11(12)13-9-7-5-6-8-10(2)3;1-3-5-6-7-9-10(8-4-2)11(12)13/h4,10H,1,5-9H2,2-3H3;8H,3-7,9H2,1-2H3,(H,12,13). The lowest BCUT2D eigenvalue weighted by Gasteiger charge is -2.04. The fourth-order valence-corrected chi connectivity index (χ4v) is 2.35. The first-order chi connectivity index (χ1) is 12.4. The van der Waals surface area contributed by atoms with Crippen molar-refractivity contribution in [3.63, 3.8) is 0 Å². The highest BCUT2D eigenvalue weighted by Crippen LogP contribution is 2.11. The number of aliphatic carboxylic acids is 1. The van der Waals surface area contributed by atoms with Gasteiger partial charge in [0, 0.05) is 11.6 Å². The molecule has 0 aliphatic rings. The van der Waals surface area contributed by atoms with Crippen LogP contribution in [0.2, 0.25) is 0 Å². The number of ether oxygens (including phenoxy) is 1. The Morgan fingerprint density at radius 2 is 1.69 bits per heavy atom. The third-order valence-corrected chi connectivity index (χ3v) is 3.86. The second-order valence-electron chi connectivity index (χ2n) is 6.87. The van der Waals surface area contributed by atoms with Gasteiger partial charge in [0.15, 0.2) is 0 Å². The SMILES string of the molecule is C=CC(=O)OCCCCCC(C)C.CCC=C(CCCCCC)C(=O)O. The number of allylic oxidation sites excluding steroid dienone is 1. The van der Waals surface area contributed by atoms with Crippen LogP contribution in [0.3, 0.4) is 0 Å². The molecule has 0 aromatic heterocycles. The lowest BCUT2D eigenvalue weighted by molar-refractivity contribution is -0.138. The number of carboxylic acids is 1. The third-order valence-electron chi connectivity index (χ3n) is 3.86. The molecule has 0 atom stereocenters. The first kappa shape index (κ1) is 26.6. The summed E-state index contributed by atoms with van der Waals surface area (Å²) in [5.74, 6) is -0.294. The molecule has 152 valence electrons. The first-order valence-corrected chi connectivity index (χ1v) is 10.1. The van der Waals surface area contributed by atoms with Gasteiger partial charge in [0.05, 0.1) is 6.61 Å². The van der Waals surface area contributed by atoms with Crippen LogP contribution in [0.1, 0.15) is 91.9 Å². The van der Waals surface area contributed by atoms with Crippen LogP contribution in [0.15, 0.2) is 24.3 Å². The Bertz CT molecular complexity index is 397. The topological polar surface area (TPSA) is 63.6 Å². The molecule has 0 aromatic rings. The van der Waals surface area contributed by atoms with Gasteiger partial charge < -0.3 is 9.84 Å². The van der Waals surface area contributed by atoms with Gasteiger partial charge in [-0.2, -0.15) is 0 Å². The molecule has 0 aliphatic heterocycles. The number of hydrogen-bond acceptors (Lipinski definition) is 3. The maximum atomic E-state index is 10.7. The number of unbranched alkanes of at least 4 members (excludes halogenated alkanes) is 5. The van der Waals surface area contributed by atoms with Gasteiger partial charge in [-0.1, -0.05) is 78.9 Å². The zero-order chi connectivity index (χ0) is 20.2. The van der Waals surface area contributed by atoms with E-state index in [2.05, 4.69) is 27.4 Å². The van der Waals surface area contributed by atoms with E-state index < -0.39 is 5.97 Å². The summed E-state index contributed by atoms with van der Waals surface area (Å²) in [6.07, 6.45) is 13.7. The van der Waals surface area contributed by atoms with Crippen molar-refractivity contribution in [2.45, 2.75) is 91.9 Å². The van der Waals surface area contributed by atoms with Crippen LogP contribution in [0.25, 0.3) is 0 Å². The minimum absolute atomic E-state index is 0.316. The lowest BCUT2D eigenvalue weighted by Crippen LogP contribution is -2.01. The van der Waals surface area contributed by atoms with E-state index in [1.807, 2.05) is 13.0 Å². The smallest absolute Gasteiger partial charge is 0.331 e. The largest absolute Gasteiger partial charge is 0.478 e. The molecule has 1 N–H and O–H groups in total. The number of carboxylic acid groups (broad SMARTS) is 1. The van der Waals surface area contributed by atoms with E-state index in [0.29, 0.717) is 12.2 Å². The average molecular weight is 369 g/mol. The van der Waals surface area contributed by atoms with E-state index in [1.165, 1.54) is 31.8 Å².